The van der Waals surface area contributed by atoms with Gasteiger partial charge >= 0.3 is 0 Å². The number of halogens is 1. The van der Waals surface area contributed by atoms with E-state index in [1.54, 1.807) is 12.1 Å². The normalized spacial score (nSPS) is 29.2. The first-order valence-electron chi connectivity index (χ1n) is 5.95. The molecule has 0 atom stereocenters. The Kier molecular flexibility index (Phi) is 3.35. The van der Waals surface area contributed by atoms with Crippen LogP contribution in [0, 0.1) is 5.82 Å². The molecule has 1 aliphatic rings. The zero-order valence-electron chi connectivity index (χ0n) is 9.69. The van der Waals surface area contributed by atoms with E-state index < -0.39 is 11.2 Å². The molecule has 3 nitrogen and oxygen atoms in total. The van der Waals surface area contributed by atoms with E-state index in [9.17, 15) is 14.6 Å². The largest absolute Gasteiger partial charge is 0.505 e. The molecule has 0 bridgehead atoms. The molecular formula is C13H18FNO2. The summed E-state index contributed by atoms with van der Waals surface area (Å²) in [6.07, 6.45) is 2.36. The van der Waals surface area contributed by atoms with E-state index in [1.165, 1.54) is 6.07 Å². The summed E-state index contributed by atoms with van der Waals surface area (Å²) >= 11 is 0. The summed E-state index contributed by atoms with van der Waals surface area (Å²) in [6, 6.07) is 4.55. The molecule has 0 spiro atoms. The molecule has 1 fully saturated rings. The van der Waals surface area contributed by atoms with Gasteiger partial charge in [-0.2, -0.15) is 0 Å². The van der Waals surface area contributed by atoms with Crippen molar-refractivity contribution in [2.45, 2.75) is 37.2 Å². The molecule has 0 saturated heterocycles. The molecule has 4 heteroatoms. The SMILES string of the molecule is NCC1(c2cccc(F)c2O)CCC(O)CC1. The first-order valence-corrected chi connectivity index (χ1v) is 5.95. The molecule has 0 heterocycles. The molecule has 2 rings (SSSR count). The number of para-hydroxylation sites is 1. The lowest BCUT2D eigenvalue weighted by atomic mass is 9.68. The van der Waals surface area contributed by atoms with Crippen molar-refractivity contribution in [1.82, 2.24) is 0 Å². The second kappa shape index (κ2) is 4.63. The van der Waals surface area contributed by atoms with Crippen molar-refractivity contribution < 1.29 is 14.6 Å². The second-order valence-electron chi connectivity index (χ2n) is 4.85. The van der Waals surface area contributed by atoms with Crippen molar-refractivity contribution in [1.29, 1.82) is 0 Å². The van der Waals surface area contributed by atoms with Crippen molar-refractivity contribution in [2.24, 2.45) is 5.73 Å². The minimum absolute atomic E-state index is 0.297. The third-order valence-corrected chi connectivity index (χ3v) is 3.86. The molecule has 1 aromatic rings. The number of aromatic hydroxyl groups is 1. The van der Waals surface area contributed by atoms with Gasteiger partial charge in [-0.05, 0) is 31.7 Å². The summed E-state index contributed by atoms with van der Waals surface area (Å²) in [6.45, 7) is 0.358. The Morgan fingerprint density at radius 3 is 2.59 bits per heavy atom. The molecule has 94 valence electrons. The van der Waals surface area contributed by atoms with E-state index in [4.69, 9.17) is 5.73 Å². The molecule has 0 unspecified atom stereocenters. The highest BCUT2D eigenvalue weighted by molar-refractivity contribution is 5.40. The standard InChI is InChI=1S/C13H18FNO2/c14-11-3-1-2-10(12(11)17)13(8-15)6-4-9(16)5-7-13/h1-3,9,16-17H,4-8,15H2. The van der Waals surface area contributed by atoms with E-state index >= 15 is 0 Å². The van der Waals surface area contributed by atoms with E-state index in [0.717, 1.165) is 0 Å². The van der Waals surface area contributed by atoms with Crippen LogP contribution in [-0.2, 0) is 5.41 Å². The Morgan fingerprint density at radius 2 is 2.00 bits per heavy atom. The Hall–Kier alpha value is -1.13. The monoisotopic (exact) mass is 239 g/mol. The van der Waals surface area contributed by atoms with Crippen LogP contribution in [0.4, 0.5) is 4.39 Å². The maximum absolute atomic E-state index is 13.4. The summed E-state index contributed by atoms with van der Waals surface area (Å²) in [7, 11) is 0. The lowest BCUT2D eigenvalue weighted by Crippen LogP contribution is -2.40. The Morgan fingerprint density at radius 1 is 1.35 bits per heavy atom. The van der Waals surface area contributed by atoms with Crippen LogP contribution >= 0.6 is 0 Å². The first kappa shape index (κ1) is 12.3. The van der Waals surface area contributed by atoms with E-state index in [1.807, 2.05) is 0 Å². The number of phenols is 1. The van der Waals surface area contributed by atoms with Crippen molar-refractivity contribution in [3.05, 3.63) is 29.6 Å². The molecule has 0 radical (unpaired) electrons. The second-order valence-corrected chi connectivity index (χ2v) is 4.85. The van der Waals surface area contributed by atoms with Gasteiger partial charge in [0.05, 0.1) is 6.10 Å². The minimum atomic E-state index is -0.610. The molecule has 0 aromatic heterocycles. The Balaban J connectivity index is 2.38. The fourth-order valence-electron chi connectivity index (χ4n) is 2.68. The molecule has 1 aromatic carbocycles. The number of nitrogens with two attached hydrogens (primary N) is 1. The van der Waals surface area contributed by atoms with Crippen molar-refractivity contribution in [3.8, 4) is 5.75 Å². The third-order valence-electron chi connectivity index (χ3n) is 3.86. The van der Waals surface area contributed by atoms with Gasteiger partial charge in [-0.25, -0.2) is 4.39 Å². The van der Waals surface area contributed by atoms with Gasteiger partial charge in [0.1, 0.15) is 0 Å². The number of hydrogen-bond donors (Lipinski definition) is 3. The maximum Gasteiger partial charge on any atom is 0.165 e. The topological polar surface area (TPSA) is 66.5 Å². The van der Waals surface area contributed by atoms with Gasteiger partial charge in [-0.15, -0.1) is 0 Å². The number of phenolic OH excluding ortho intramolecular Hbond substituents is 1. The fourth-order valence-corrected chi connectivity index (χ4v) is 2.68. The summed E-state index contributed by atoms with van der Waals surface area (Å²) in [5.41, 5.74) is 6.00. The minimum Gasteiger partial charge on any atom is -0.505 e. The average Bonchev–Trinajstić information content (AvgIpc) is 2.35. The summed E-state index contributed by atoms with van der Waals surface area (Å²) in [5, 5.41) is 19.3. The molecule has 1 aliphatic carbocycles. The smallest absolute Gasteiger partial charge is 0.165 e. The number of aliphatic hydroxyl groups is 1. The highest BCUT2D eigenvalue weighted by atomic mass is 19.1. The Labute approximate surface area is 100 Å². The summed E-state index contributed by atoms with van der Waals surface area (Å²) in [4.78, 5) is 0. The van der Waals surface area contributed by atoms with Gasteiger partial charge in [0.25, 0.3) is 0 Å². The third kappa shape index (κ3) is 2.15. The van der Waals surface area contributed by atoms with Gasteiger partial charge < -0.3 is 15.9 Å². The molecule has 4 N–H and O–H groups in total. The maximum atomic E-state index is 13.4. The zero-order chi connectivity index (χ0) is 12.5. The van der Waals surface area contributed by atoms with Gasteiger partial charge in [0, 0.05) is 17.5 Å². The molecule has 0 amide bonds. The van der Waals surface area contributed by atoms with Crippen LogP contribution in [0.2, 0.25) is 0 Å². The fraction of sp³-hybridized carbons (Fsp3) is 0.538. The number of hydrogen-bond acceptors (Lipinski definition) is 3. The van der Waals surface area contributed by atoms with Crippen LogP contribution in [0.25, 0.3) is 0 Å². The van der Waals surface area contributed by atoms with E-state index in [-0.39, 0.29) is 11.9 Å². The van der Waals surface area contributed by atoms with Crippen molar-refractivity contribution >= 4 is 0 Å². The van der Waals surface area contributed by atoms with Gasteiger partial charge in [-0.3, -0.25) is 0 Å². The summed E-state index contributed by atoms with van der Waals surface area (Å²) in [5.74, 6) is -0.907. The molecule has 17 heavy (non-hydrogen) atoms. The highest BCUT2D eigenvalue weighted by Crippen LogP contribution is 2.42. The van der Waals surface area contributed by atoms with Gasteiger partial charge in [-0.1, -0.05) is 12.1 Å². The number of rotatable bonds is 2. The van der Waals surface area contributed by atoms with E-state index in [2.05, 4.69) is 0 Å². The van der Waals surface area contributed by atoms with Gasteiger partial charge in [0.15, 0.2) is 11.6 Å². The lowest BCUT2D eigenvalue weighted by Gasteiger charge is -2.38. The van der Waals surface area contributed by atoms with Crippen LogP contribution < -0.4 is 5.73 Å². The molecule has 0 aliphatic heterocycles. The first-order chi connectivity index (χ1) is 8.09. The summed E-state index contributed by atoms with van der Waals surface area (Å²) < 4.78 is 13.4. The number of benzene rings is 1. The van der Waals surface area contributed by atoms with Crippen molar-refractivity contribution in [3.63, 3.8) is 0 Å². The molecular weight excluding hydrogens is 221 g/mol. The lowest BCUT2D eigenvalue weighted by molar-refractivity contribution is 0.0964. The van der Waals surface area contributed by atoms with E-state index in [0.29, 0.717) is 37.8 Å². The van der Waals surface area contributed by atoms with Crippen LogP contribution in [0.3, 0.4) is 0 Å². The van der Waals surface area contributed by atoms with Crippen LogP contribution in [0.1, 0.15) is 31.2 Å². The predicted octanol–water partition coefficient (Wildman–Crippen LogP) is 1.66. The average molecular weight is 239 g/mol. The zero-order valence-corrected chi connectivity index (χ0v) is 9.69. The van der Waals surface area contributed by atoms with Crippen LogP contribution in [0.15, 0.2) is 18.2 Å². The highest BCUT2D eigenvalue weighted by Gasteiger charge is 2.37. The molecule has 1 saturated carbocycles. The quantitative estimate of drug-likeness (QED) is 0.735. The Bertz CT molecular complexity index is 400. The van der Waals surface area contributed by atoms with Crippen LogP contribution in [-0.4, -0.2) is 22.9 Å². The number of aliphatic hydroxyl groups excluding tert-OH is 1. The van der Waals surface area contributed by atoms with Crippen LogP contribution in [0.5, 0.6) is 5.75 Å². The van der Waals surface area contributed by atoms with Gasteiger partial charge in [0.2, 0.25) is 0 Å². The predicted molar refractivity (Wildman–Crippen MR) is 63.3 cm³/mol. The van der Waals surface area contributed by atoms with Crippen molar-refractivity contribution in [2.75, 3.05) is 6.54 Å².